The molecular formula is C31H39N3O3. The minimum absolute atomic E-state index is 0.169. The average molecular weight is 502 g/mol. The second-order valence-electron chi connectivity index (χ2n) is 12.6. The van der Waals surface area contributed by atoms with E-state index in [1.165, 1.54) is 24.8 Å². The van der Waals surface area contributed by atoms with Gasteiger partial charge in [-0.3, -0.25) is 4.79 Å². The largest absolute Gasteiger partial charge is 0.357 e. The quantitative estimate of drug-likeness (QED) is 0.383. The highest BCUT2D eigenvalue weighted by Crippen LogP contribution is 2.66. The summed E-state index contributed by atoms with van der Waals surface area (Å²) in [5.74, 6) is 2.12. The summed E-state index contributed by atoms with van der Waals surface area (Å²) in [7, 11) is 0. The van der Waals surface area contributed by atoms with Gasteiger partial charge in [-0.2, -0.15) is 0 Å². The third kappa shape index (κ3) is 3.91. The number of H-pyrrole nitrogens is 1. The van der Waals surface area contributed by atoms with E-state index in [9.17, 15) is 9.59 Å². The van der Waals surface area contributed by atoms with Crippen molar-refractivity contribution in [3.05, 3.63) is 47.7 Å². The number of Topliss-reactive ketones (excluding diaryl/α,β-unsaturated/α-hetero) is 1. The maximum atomic E-state index is 12.7. The Morgan fingerprint density at radius 1 is 1.08 bits per heavy atom. The highest BCUT2D eigenvalue weighted by Gasteiger charge is 2.59. The number of nitrogens with one attached hydrogen (secondary N) is 1. The summed E-state index contributed by atoms with van der Waals surface area (Å²) in [6.07, 6.45) is 10.9. The molecule has 196 valence electrons. The molecule has 6 heteroatoms. The monoisotopic (exact) mass is 501 g/mol. The molecule has 6 nitrogen and oxygen atoms in total. The van der Waals surface area contributed by atoms with Gasteiger partial charge in [0.05, 0.1) is 5.71 Å². The molecule has 4 aliphatic carbocycles. The molecule has 0 spiro atoms. The molecule has 3 unspecified atom stereocenters. The Balaban J connectivity index is 1.16. The van der Waals surface area contributed by atoms with Gasteiger partial charge in [-0.25, -0.2) is 4.79 Å². The lowest BCUT2D eigenvalue weighted by atomic mass is 9.46. The zero-order chi connectivity index (χ0) is 25.9. The van der Waals surface area contributed by atoms with Gasteiger partial charge in [0.2, 0.25) is 0 Å². The van der Waals surface area contributed by atoms with Crippen molar-refractivity contribution < 1.29 is 14.4 Å². The number of allylic oxidation sites excluding steroid dienone is 2. The van der Waals surface area contributed by atoms with Crippen molar-refractivity contribution in [1.82, 2.24) is 4.98 Å². The topological polar surface area (TPSA) is 97.5 Å². The summed E-state index contributed by atoms with van der Waals surface area (Å²) >= 11 is 0. The van der Waals surface area contributed by atoms with E-state index in [2.05, 4.69) is 30.1 Å². The lowest BCUT2D eigenvalue weighted by Gasteiger charge is -2.58. The lowest BCUT2D eigenvalue weighted by Crippen LogP contribution is -2.51. The van der Waals surface area contributed by atoms with Crippen LogP contribution in [0.15, 0.2) is 47.1 Å². The fourth-order valence-corrected chi connectivity index (χ4v) is 8.86. The number of nitrogens with two attached hydrogens (primary N) is 1. The molecule has 6 rings (SSSR count). The van der Waals surface area contributed by atoms with E-state index in [0.717, 1.165) is 48.7 Å². The SMILES string of the molecule is CC(=O)[C@H]1CCC2C3CCC4=C/C(=N/OC(=O)[C@@H](N)c5cc6ccccc6[nH]5)CC[C@]4(C)C3CC[C@@]21C. The molecule has 3 N–H and O–H groups in total. The summed E-state index contributed by atoms with van der Waals surface area (Å²) in [4.78, 5) is 33.6. The Labute approximate surface area is 219 Å². The van der Waals surface area contributed by atoms with Crippen LogP contribution in [-0.2, 0) is 14.4 Å². The van der Waals surface area contributed by atoms with Crippen molar-refractivity contribution in [2.75, 3.05) is 0 Å². The normalized spacial score (nSPS) is 36.9. The summed E-state index contributed by atoms with van der Waals surface area (Å²) < 4.78 is 0. The van der Waals surface area contributed by atoms with Crippen molar-refractivity contribution >= 4 is 28.4 Å². The molecule has 37 heavy (non-hydrogen) atoms. The van der Waals surface area contributed by atoms with E-state index >= 15 is 0 Å². The Kier molecular flexibility index (Phi) is 5.94. The molecule has 3 fully saturated rings. The summed E-state index contributed by atoms with van der Waals surface area (Å²) in [5, 5.41) is 5.27. The second kappa shape index (κ2) is 8.93. The molecule has 1 aromatic heterocycles. The molecule has 3 saturated carbocycles. The molecular weight excluding hydrogens is 462 g/mol. The Bertz CT molecular complexity index is 1270. The minimum atomic E-state index is -0.907. The Morgan fingerprint density at radius 2 is 1.89 bits per heavy atom. The average Bonchev–Trinajstić information content (AvgIpc) is 3.47. The molecule has 0 amide bonds. The van der Waals surface area contributed by atoms with Gasteiger partial charge >= 0.3 is 5.97 Å². The first-order valence-electron chi connectivity index (χ1n) is 14.0. The predicted octanol–water partition coefficient (Wildman–Crippen LogP) is 6.23. The number of rotatable bonds is 4. The van der Waals surface area contributed by atoms with Gasteiger partial charge in [-0.1, -0.05) is 42.8 Å². The highest BCUT2D eigenvalue weighted by molar-refractivity contribution is 5.97. The number of carbonyl (C=O) groups excluding carboxylic acids is 2. The van der Waals surface area contributed by atoms with E-state index in [0.29, 0.717) is 29.2 Å². The number of nitrogens with zero attached hydrogens (tertiary/aromatic N) is 1. The maximum Gasteiger partial charge on any atom is 0.357 e. The van der Waals surface area contributed by atoms with Crippen LogP contribution in [0.4, 0.5) is 0 Å². The van der Waals surface area contributed by atoms with Crippen molar-refractivity contribution in [1.29, 1.82) is 0 Å². The van der Waals surface area contributed by atoms with E-state index in [1.807, 2.05) is 30.3 Å². The number of aromatic nitrogens is 1. The molecule has 0 bridgehead atoms. The number of oxime groups is 1. The minimum Gasteiger partial charge on any atom is -0.357 e. The molecule has 4 aliphatic rings. The third-order valence-corrected chi connectivity index (χ3v) is 10.9. The molecule has 7 atom stereocenters. The zero-order valence-corrected chi connectivity index (χ0v) is 22.3. The molecule has 1 aromatic carbocycles. The van der Waals surface area contributed by atoms with Crippen LogP contribution in [0.25, 0.3) is 10.9 Å². The predicted molar refractivity (Wildman–Crippen MR) is 145 cm³/mol. The summed E-state index contributed by atoms with van der Waals surface area (Å²) in [6, 6.07) is 8.82. The first-order chi connectivity index (χ1) is 17.7. The number of fused-ring (bicyclic) bond motifs is 6. The fourth-order valence-electron chi connectivity index (χ4n) is 8.86. The smallest absolute Gasteiger partial charge is 0.357 e. The van der Waals surface area contributed by atoms with Crippen LogP contribution in [0.1, 0.15) is 83.9 Å². The van der Waals surface area contributed by atoms with Gasteiger partial charge in [-0.15, -0.1) is 0 Å². The summed E-state index contributed by atoms with van der Waals surface area (Å²) in [5.41, 5.74) is 10.4. The van der Waals surface area contributed by atoms with Crippen molar-refractivity contribution in [2.45, 2.75) is 78.2 Å². The number of ketones is 1. The molecule has 0 radical (unpaired) electrons. The number of carbonyl (C=O) groups is 2. The zero-order valence-electron chi connectivity index (χ0n) is 22.3. The van der Waals surface area contributed by atoms with Crippen LogP contribution >= 0.6 is 0 Å². The number of hydrogen-bond donors (Lipinski definition) is 2. The number of benzene rings is 1. The maximum absolute atomic E-state index is 12.7. The first-order valence-corrected chi connectivity index (χ1v) is 14.0. The van der Waals surface area contributed by atoms with Crippen LogP contribution in [0.3, 0.4) is 0 Å². The number of hydrogen-bond acceptors (Lipinski definition) is 5. The van der Waals surface area contributed by atoms with Crippen molar-refractivity contribution in [3.8, 4) is 0 Å². The van der Waals surface area contributed by atoms with Crippen LogP contribution in [-0.4, -0.2) is 22.4 Å². The Morgan fingerprint density at radius 3 is 2.68 bits per heavy atom. The van der Waals surface area contributed by atoms with Gasteiger partial charge in [-0.05, 0) is 110 Å². The fraction of sp³-hybridized carbons (Fsp3) is 0.581. The number of aromatic amines is 1. The lowest BCUT2D eigenvalue weighted by molar-refractivity contribution is -0.145. The van der Waals surface area contributed by atoms with Crippen LogP contribution in [0, 0.1) is 34.5 Å². The van der Waals surface area contributed by atoms with E-state index in [-0.39, 0.29) is 16.7 Å². The van der Waals surface area contributed by atoms with Gasteiger partial charge in [0.1, 0.15) is 11.8 Å². The van der Waals surface area contributed by atoms with Gasteiger partial charge in [0.15, 0.2) is 0 Å². The highest BCUT2D eigenvalue weighted by atomic mass is 16.7. The second-order valence-corrected chi connectivity index (χ2v) is 12.6. The van der Waals surface area contributed by atoms with Gasteiger partial charge in [0, 0.05) is 17.1 Å². The Hall–Kier alpha value is -2.73. The van der Waals surface area contributed by atoms with Crippen LogP contribution in [0.5, 0.6) is 0 Å². The van der Waals surface area contributed by atoms with Gasteiger partial charge < -0.3 is 15.6 Å². The standard InChI is InChI=1S/C31H39N3O3/c1-18(35)23-10-11-24-22-9-8-20-17-21(12-14-30(20,2)25(22)13-15-31(23,24)3)34-37-29(36)28(32)27-16-19-6-4-5-7-26(19)33-27/h4-7,16-17,22-25,28,33H,8-15,32H2,1-3H3/b34-21+/t22?,23-,24?,25?,28+,30+,31-/m1/s1. The van der Waals surface area contributed by atoms with Crippen LogP contribution in [0.2, 0.25) is 0 Å². The molecule has 0 saturated heterocycles. The first kappa shape index (κ1) is 24.6. The molecule has 1 heterocycles. The van der Waals surface area contributed by atoms with Crippen molar-refractivity contribution in [3.63, 3.8) is 0 Å². The van der Waals surface area contributed by atoms with Crippen molar-refractivity contribution in [2.24, 2.45) is 45.4 Å². The molecule has 0 aliphatic heterocycles. The number of para-hydroxylation sites is 1. The van der Waals surface area contributed by atoms with E-state index < -0.39 is 12.0 Å². The van der Waals surface area contributed by atoms with Crippen LogP contribution < -0.4 is 5.73 Å². The van der Waals surface area contributed by atoms with E-state index in [4.69, 9.17) is 10.6 Å². The van der Waals surface area contributed by atoms with Gasteiger partial charge in [0.25, 0.3) is 0 Å². The van der Waals surface area contributed by atoms with E-state index in [1.54, 1.807) is 6.92 Å². The molecule has 2 aromatic rings. The third-order valence-electron chi connectivity index (χ3n) is 10.9. The summed E-state index contributed by atoms with van der Waals surface area (Å²) in [6.45, 7) is 6.65.